The predicted octanol–water partition coefficient (Wildman–Crippen LogP) is 2.86. The Morgan fingerprint density at radius 2 is 1.89 bits per heavy atom. The Balaban J connectivity index is 1.68. The molecule has 150 valence electrons. The van der Waals surface area contributed by atoms with E-state index >= 15 is 0 Å². The van der Waals surface area contributed by atoms with E-state index in [4.69, 9.17) is 0 Å². The highest BCUT2D eigenvalue weighted by molar-refractivity contribution is 6.02. The quantitative estimate of drug-likeness (QED) is 0.833. The fourth-order valence-electron chi connectivity index (χ4n) is 4.92. The van der Waals surface area contributed by atoms with Gasteiger partial charge in [0.05, 0.1) is 5.52 Å². The van der Waals surface area contributed by atoms with Crippen LogP contribution in [0.5, 0.6) is 5.75 Å². The molecule has 0 aliphatic carbocycles. The van der Waals surface area contributed by atoms with Crippen LogP contribution in [0, 0.1) is 0 Å². The van der Waals surface area contributed by atoms with E-state index in [9.17, 15) is 14.7 Å². The van der Waals surface area contributed by atoms with Gasteiger partial charge in [0.2, 0.25) is 0 Å². The molecule has 0 saturated carbocycles. The minimum absolute atomic E-state index is 0.0514. The number of para-hydroxylation sites is 1. The lowest BCUT2D eigenvalue weighted by atomic mass is 9.97. The number of unbranched alkanes of at least 4 members (excludes halogenated alkanes) is 1. The number of aryl methyl sites for hydroxylation is 1. The van der Waals surface area contributed by atoms with Crippen LogP contribution in [0.1, 0.15) is 55.8 Å². The number of benzene rings is 1. The lowest BCUT2D eigenvalue weighted by Crippen LogP contribution is -2.49. The van der Waals surface area contributed by atoms with Crippen molar-refractivity contribution in [2.75, 3.05) is 7.05 Å². The molecule has 2 aliphatic rings. The molecule has 3 heterocycles. The highest BCUT2D eigenvalue weighted by atomic mass is 16.3. The summed E-state index contributed by atoms with van der Waals surface area (Å²) in [6.45, 7) is 2.60. The number of hydrogen-bond acceptors (Lipinski definition) is 4. The first-order valence-electron chi connectivity index (χ1n) is 10.4. The molecule has 2 fully saturated rings. The van der Waals surface area contributed by atoms with E-state index in [1.54, 1.807) is 10.6 Å². The summed E-state index contributed by atoms with van der Waals surface area (Å²) in [6.07, 6.45) is 5.92. The lowest BCUT2D eigenvalue weighted by Gasteiger charge is -2.36. The van der Waals surface area contributed by atoms with E-state index in [0.717, 1.165) is 25.7 Å². The molecule has 1 unspecified atom stereocenters. The summed E-state index contributed by atoms with van der Waals surface area (Å²) in [4.78, 5) is 28.6. The van der Waals surface area contributed by atoms with Gasteiger partial charge in [-0.15, -0.1) is 0 Å². The monoisotopic (exact) mass is 383 g/mol. The lowest BCUT2D eigenvalue weighted by molar-refractivity contribution is 0.0878. The largest absolute Gasteiger partial charge is 0.506 e. The number of carbonyl (C=O) groups excluding carboxylic acids is 1. The van der Waals surface area contributed by atoms with Gasteiger partial charge in [0.1, 0.15) is 11.3 Å². The Bertz CT molecular complexity index is 938. The second kappa shape index (κ2) is 7.59. The molecule has 0 spiro atoms. The first-order valence-corrected chi connectivity index (χ1v) is 10.4. The SMILES string of the molecule is CCCCn1c(=O)c(C(=O)NC2C[C@H]3CC[C@@H](C2)N3C)c(O)c2ccccc21. The van der Waals surface area contributed by atoms with Crippen LogP contribution in [0.15, 0.2) is 29.1 Å². The van der Waals surface area contributed by atoms with Crippen LogP contribution in [0.3, 0.4) is 0 Å². The number of fused-ring (bicyclic) bond motifs is 3. The maximum atomic E-state index is 13.1. The third-order valence-electron chi connectivity index (χ3n) is 6.54. The number of pyridine rings is 1. The number of nitrogens with zero attached hydrogens (tertiary/aromatic N) is 2. The van der Waals surface area contributed by atoms with Crippen molar-refractivity contribution in [2.24, 2.45) is 0 Å². The van der Waals surface area contributed by atoms with E-state index in [1.807, 2.05) is 18.2 Å². The van der Waals surface area contributed by atoms with Gasteiger partial charge in [0, 0.05) is 30.1 Å². The minimum atomic E-state index is -0.451. The predicted molar refractivity (Wildman–Crippen MR) is 110 cm³/mol. The van der Waals surface area contributed by atoms with Gasteiger partial charge in [-0.2, -0.15) is 0 Å². The van der Waals surface area contributed by atoms with Gasteiger partial charge in [0.15, 0.2) is 0 Å². The molecule has 3 atom stereocenters. The number of amides is 1. The number of hydrogen-bond donors (Lipinski definition) is 2. The molecule has 1 aromatic heterocycles. The van der Waals surface area contributed by atoms with Crippen LogP contribution in [0.25, 0.3) is 10.9 Å². The Kier molecular flexibility index (Phi) is 5.15. The highest BCUT2D eigenvalue weighted by Gasteiger charge is 2.39. The Morgan fingerprint density at radius 3 is 2.57 bits per heavy atom. The zero-order valence-corrected chi connectivity index (χ0v) is 16.6. The van der Waals surface area contributed by atoms with Gasteiger partial charge in [-0.3, -0.25) is 9.59 Å². The second-order valence-electron chi connectivity index (χ2n) is 8.24. The van der Waals surface area contributed by atoms with Gasteiger partial charge in [-0.1, -0.05) is 25.5 Å². The van der Waals surface area contributed by atoms with Crippen LogP contribution in [0.2, 0.25) is 0 Å². The van der Waals surface area contributed by atoms with E-state index in [-0.39, 0.29) is 17.4 Å². The maximum Gasteiger partial charge on any atom is 0.267 e. The topological polar surface area (TPSA) is 74.6 Å². The van der Waals surface area contributed by atoms with Crippen molar-refractivity contribution in [1.29, 1.82) is 0 Å². The molecular weight excluding hydrogens is 354 g/mol. The third kappa shape index (κ3) is 3.20. The molecule has 2 aromatic rings. The summed E-state index contributed by atoms with van der Waals surface area (Å²) in [6, 6.07) is 8.29. The van der Waals surface area contributed by atoms with Crippen LogP contribution in [-0.4, -0.2) is 45.7 Å². The third-order valence-corrected chi connectivity index (χ3v) is 6.54. The Morgan fingerprint density at radius 1 is 1.21 bits per heavy atom. The molecule has 28 heavy (non-hydrogen) atoms. The average Bonchev–Trinajstić information content (AvgIpc) is 2.89. The Hall–Kier alpha value is -2.34. The second-order valence-corrected chi connectivity index (χ2v) is 8.24. The molecule has 1 aromatic carbocycles. The van der Waals surface area contributed by atoms with Gasteiger partial charge in [0.25, 0.3) is 11.5 Å². The van der Waals surface area contributed by atoms with Gasteiger partial charge < -0.3 is 19.9 Å². The average molecular weight is 383 g/mol. The van der Waals surface area contributed by atoms with E-state index in [2.05, 4.69) is 24.2 Å². The highest BCUT2D eigenvalue weighted by Crippen LogP contribution is 2.34. The fourth-order valence-corrected chi connectivity index (χ4v) is 4.92. The van der Waals surface area contributed by atoms with Crippen molar-refractivity contribution in [2.45, 2.75) is 70.1 Å². The molecular formula is C22H29N3O3. The normalized spacial score (nSPS) is 24.6. The van der Waals surface area contributed by atoms with E-state index < -0.39 is 11.5 Å². The number of nitrogens with one attached hydrogen (secondary N) is 1. The van der Waals surface area contributed by atoms with Gasteiger partial charge in [-0.25, -0.2) is 0 Å². The summed E-state index contributed by atoms with van der Waals surface area (Å²) in [5, 5.41) is 14.4. The van der Waals surface area contributed by atoms with Gasteiger partial charge in [-0.05, 0) is 51.3 Å². The molecule has 2 bridgehead atoms. The van der Waals surface area contributed by atoms with Crippen molar-refractivity contribution in [1.82, 2.24) is 14.8 Å². The number of aromatic nitrogens is 1. The molecule has 2 aliphatic heterocycles. The molecule has 2 saturated heterocycles. The summed E-state index contributed by atoms with van der Waals surface area (Å²) >= 11 is 0. The Labute approximate surface area is 165 Å². The summed E-state index contributed by atoms with van der Waals surface area (Å²) in [5.74, 6) is -0.658. The molecule has 0 radical (unpaired) electrons. The van der Waals surface area contributed by atoms with Crippen LogP contribution in [-0.2, 0) is 6.54 Å². The van der Waals surface area contributed by atoms with Crippen LogP contribution in [0.4, 0.5) is 0 Å². The summed E-state index contributed by atoms with van der Waals surface area (Å²) < 4.78 is 1.63. The van der Waals surface area contributed by atoms with Gasteiger partial charge >= 0.3 is 0 Å². The van der Waals surface area contributed by atoms with E-state index in [1.165, 1.54) is 12.8 Å². The smallest absolute Gasteiger partial charge is 0.267 e. The van der Waals surface area contributed by atoms with Crippen LogP contribution < -0.4 is 10.9 Å². The van der Waals surface area contributed by atoms with Crippen molar-refractivity contribution >= 4 is 16.8 Å². The first kappa shape index (κ1) is 19.0. The number of piperidine rings is 1. The first-order chi connectivity index (χ1) is 13.5. The zero-order chi connectivity index (χ0) is 19.8. The molecule has 1 amide bonds. The summed E-state index contributed by atoms with van der Waals surface area (Å²) in [5.41, 5.74) is 0.145. The molecule has 4 rings (SSSR count). The fraction of sp³-hybridized carbons (Fsp3) is 0.545. The maximum absolute atomic E-state index is 13.1. The van der Waals surface area contributed by atoms with Crippen molar-refractivity contribution in [3.8, 4) is 5.75 Å². The number of rotatable bonds is 5. The van der Waals surface area contributed by atoms with Crippen molar-refractivity contribution < 1.29 is 9.90 Å². The van der Waals surface area contributed by atoms with E-state index in [0.29, 0.717) is 29.5 Å². The standard InChI is InChI=1S/C22H29N3O3/c1-3-4-11-25-18-8-6-5-7-17(18)20(26)19(22(25)28)21(27)23-14-12-15-9-10-16(13-14)24(15)2/h5-8,14-16,26H,3-4,9-13H2,1-2H3,(H,23,27)/t14?,15-,16+. The number of carbonyl (C=O) groups is 1. The van der Waals surface area contributed by atoms with Crippen LogP contribution >= 0.6 is 0 Å². The summed E-state index contributed by atoms with van der Waals surface area (Å²) in [7, 11) is 2.15. The molecule has 2 N–H and O–H groups in total. The van der Waals surface area contributed by atoms with Crippen molar-refractivity contribution in [3.63, 3.8) is 0 Å². The minimum Gasteiger partial charge on any atom is -0.506 e. The number of aromatic hydroxyl groups is 1. The molecule has 6 heteroatoms. The molecule has 6 nitrogen and oxygen atoms in total. The zero-order valence-electron chi connectivity index (χ0n) is 16.6. The van der Waals surface area contributed by atoms with Crippen molar-refractivity contribution in [3.05, 3.63) is 40.2 Å².